The second kappa shape index (κ2) is 7.46. The number of nitrogens with zero attached hydrogens (tertiary/aromatic N) is 2. The summed E-state index contributed by atoms with van der Waals surface area (Å²) in [5.41, 5.74) is 4.34. The van der Waals surface area contributed by atoms with E-state index in [0.29, 0.717) is 24.0 Å². The molecule has 0 saturated heterocycles. The van der Waals surface area contributed by atoms with Crippen molar-refractivity contribution in [3.05, 3.63) is 70.9 Å². The fourth-order valence-corrected chi connectivity index (χ4v) is 4.49. The number of hydrogen-bond acceptors (Lipinski definition) is 4. The Morgan fingerprint density at radius 2 is 1.87 bits per heavy atom. The Hall–Kier alpha value is -3.39. The molecule has 152 valence electrons. The molecule has 5 heteroatoms. The van der Waals surface area contributed by atoms with Gasteiger partial charge in [-0.2, -0.15) is 5.26 Å². The van der Waals surface area contributed by atoms with Crippen LogP contribution in [-0.4, -0.2) is 11.7 Å². The van der Waals surface area contributed by atoms with Gasteiger partial charge < -0.3 is 5.32 Å². The molecule has 2 aromatic rings. The van der Waals surface area contributed by atoms with Crippen LogP contribution in [0.5, 0.6) is 0 Å². The normalized spacial score (nSPS) is 19.9. The molecule has 1 aliphatic carbocycles. The van der Waals surface area contributed by atoms with Crippen LogP contribution in [0, 0.1) is 16.7 Å². The van der Waals surface area contributed by atoms with Gasteiger partial charge in [0, 0.05) is 24.1 Å². The average molecular weight is 399 g/mol. The molecule has 1 atom stereocenters. The second-order valence-corrected chi connectivity index (χ2v) is 8.73. The summed E-state index contributed by atoms with van der Waals surface area (Å²) in [6, 6.07) is 16.5. The molecule has 1 heterocycles. The molecule has 0 saturated carbocycles. The lowest BCUT2D eigenvalue weighted by Gasteiger charge is -2.37. The SMILES string of the molecule is CCC(=O)N1c2ccccc2NC2=C(C(=O)CC(C)(C)C2)[C@H]1c1ccc(C#N)cc1. The largest absolute Gasteiger partial charge is 0.357 e. The number of nitrogens with one attached hydrogen (secondary N) is 1. The maximum absolute atomic E-state index is 13.4. The van der Waals surface area contributed by atoms with Crippen LogP contribution in [-0.2, 0) is 9.59 Å². The van der Waals surface area contributed by atoms with E-state index in [1.807, 2.05) is 43.3 Å². The molecule has 0 radical (unpaired) electrons. The van der Waals surface area contributed by atoms with Gasteiger partial charge in [0.1, 0.15) is 0 Å². The third-order valence-electron chi connectivity index (χ3n) is 5.83. The summed E-state index contributed by atoms with van der Waals surface area (Å²) >= 11 is 0. The molecular weight excluding hydrogens is 374 g/mol. The highest BCUT2D eigenvalue weighted by Crippen LogP contribution is 2.48. The van der Waals surface area contributed by atoms with Crippen LogP contribution in [0.1, 0.15) is 57.2 Å². The van der Waals surface area contributed by atoms with Crippen molar-refractivity contribution >= 4 is 23.1 Å². The molecule has 0 aromatic heterocycles. The van der Waals surface area contributed by atoms with Crippen molar-refractivity contribution in [2.45, 2.75) is 46.1 Å². The van der Waals surface area contributed by atoms with E-state index in [1.165, 1.54) is 0 Å². The highest BCUT2D eigenvalue weighted by molar-refractivity contribution is 6.06. The van der Waals surface area contributed by atoms with E-state index in [0.717, 1.165) is 29.1 Å². The van der Waals surface area contributed by atoms with Crippen molar-refractivity contribution in [3.8, 4) is 6.07 Å². The van der Waals surface area contributed by atoms with E-state index < -0.39 is 6.04 Å². The number of carbonyl (C=O) groups is 2. The minimum absolute atomic E-state index is 0.0509. The number of anilines is 2. The summed E-state index contributed by atoms with van der Waals surface area (Å²) in [5, 5.41) is 12.7. The van der Waals surface area contributed by atoms with Crippen molar-refractivity contribution < 1.29 is 9.59 Å². The number of carbonyl (C=O) groups excluding carboxylic acids is 2. The monoisotopic (exact) mass is 399 g/mol. The molecule has 2 aromatic carbocycles. The first-order chi connectivity index (χ1) is 14.3. The molecule has 5 nitrogen and oxygen atoms in total. The number of Topliss-reactive ketones (excluding diaryl/α,β-unsaturated/α-hetero) is 1. The molecular formula is C25H25N3O2. The molecule has 0 bridgehead atoms. The van der Waals surface area contributed by atoms with E-state index >= 15 is 0 Å². The standard InChI is InChI=1S/C25H25N3O2/c1-4-22(30)28-20-8-6-5-7-18(20)27-19-13-25(2,3)14-21(29)23(19)24(28)17-11-9-16(15-26)10-12-17/h5-12,24,27H,4,13-14H2,1-3H3/t24-/m1/s1. The smallest absolute Gasteiger partial charge is 0.227 e. The van der Waals surface area contributed by atoms with Gasteiger partial charge >= 0.3 is 0 Å². The van der Waals surface area contributed by atoms with Crippen LogP contribution >= 0.6 is 0 Å². The summed E-state index contributed by atoms with van der Waals surface area (Å²) in [7, 11) is 0. The Bertz CT molecular complexity index is 1090. The Morgan fingerprint density at radius 1 is 1.17 bits per heavy atom. The third kappa shape index (κ3) is 3.39. The summed E-state index contributed by atoms with van der Waals surface area (Å²) in [6.45, 7) is 6.03. The van der Waals surface area contributed by atoms with Crippen LogP contribution in [0.25, 0.3) is 0 Å². The first-order valence-electron chi connectivity index (χ1n) is 10.3. The van der Waals surface area contributed by atoms with Gasteiger partial charge in [-0.25, -0.2) is 0 Å². The fourth-order valence-electron chi connectivity index (χ4n) is 4.49. The van der Waals surface area contributed by atoms with E-state index in [9.17, 15) is 14.9 Å². The first-order valence-corrected chi connectivity index (χ1v) is 10.3. The minimum atomic E-state index is -0.528. The zero-order chi connectivity index (χ0) is 21.5. The second-order valence-electron chi connectivity index (χ2n) is 8.73. The maximum atomic E-state index is 13.4. The van der Waals surface area contributed by atoms with Gasteiger partial charge in [0.15, 0.2) is 5.78 Å². The van der Waals surface area contributed by atoms with Crippen molar-refractivity contribution in [3.63, 3.8) is 0 Å². The van der Waals surface area contributed by atoms with Crippen molar-refractivity contribution in [1.29, 1.82) is 5.26 Å². The quantitative estimate of drug-likeness (QED) is 0.761. The molecule has 0 spiro atoms. The van der Waals surface area contributed by atoms with Crippen LogP contribution < -0.4 is 10.2 Å². The molecule has 0 fully saturated rings. The minimum Gasteiger partial charge on any atom is -0.357 e. The zero-order valence-electron chi connectivity index (χ0n) is 17.5. The Labute approximate surface area is 177 Å². The van der Waals surface area contributed by atoms with Gasteiger partial charge in [-0.15, -0.1) is 0 Å². The predicted molar refractivity (Wildman–Crippen MR) is 117 cm³/mol. The Morgan fingerprint density at radius 3 is 2.53 bits per heavy atom. The number of rotatable bonds is 2. The number of hydrogen-bond donors (Lipinski definition) is 1. The van der Waals surface area contributed by atoms with Gasteiger partial charge in [-0.1, -0.05) is 45.0 Å². The van der Waals surface area contributed by atoms with Crippen molar-refractivity contribution in [1.82, 2.24) is 0 Å². The summed E-state index contributed by atoms with van der Waals surface area (Å²) in [5.74, 6) is 0.00909. The number of allylic oxidation sites excluding steroid dienone is 1. The molecule has 0 unspecified atom stereocenters. The van der Waals surface area contributed by atoms with Crippen LogP contribution in [0.15, 0.2) is 59.8 Å². The average Bonchev–Trinajstić information content (AvgIpc) is 2.86. The molecule has 30 heavy (non-hydrogen) atoms. The number of amides is 1. The van der Waals surface area contributed by atoms with Crippen LogP contribution in [0.4, 0.5) is 11.4 Å². The van der Waals surface area contributed by atoms with Crippen LogP contribution in [0.2, 0.25) is 0 Å². The number of para-hydroxylation sites is 2. The number of ketones is 1. The lowest BCUT2D eigenvalue weighted by atomic mass is 9.73. The number of fused-ring (bicyclic) bond motifs is 1. The Kier molecular flexibility index (Phi) is 4.95. The Balaban J connectivity index is 2.00. The van der Waals surface area contributed by atoms with E-state index in [-0.39, 0.29) is 17.1 Å². The highest BCUT2D eigenvalue weighted by Gasteiger charge is 2.42. The van der Waals surface area contributed by atoms with Gasteiger partial charge in [0.25, 0.3) is 0 Å². The van der Waals surface area contributed by atoms with Gasteiger partial charge in [-0.05, 0) is 41.7 Å². The molecule has 2 aliphatic rings. The summed E-state index contributed by atoms with van der Waals surface area (Å²) in [6.07, 6.45) is 1.48. The highest BCUT2D eigenvalue weighted by atomic mass is 16.2. The van der Waals surface area contributed by atoms with Crippen molar-refractivity contribution in [2.75, 3.05) is 10.2 Å². The summed E-state index contributed by atoms with van der Waals surface area (Å²) in [4.78, 5) is 28.4. The number of nitriles is 1. The summed E-state index contributed by atoms with van der Waals surface area (Å²) < 4.78 is 0. The first kappa shape index (κ1) is 19.9. The van der Waals surface area contributed by atoms with Gasteiger partial charge in [-0.3, -0.25) is 14.5 Å². The van der Waals surface area contributed by atoms with Crippen molar-refractivity contribution in [2.24, 2.45) is 5.41 Å². The van der Waals surface area contributed by atoms with E-state index in [4.69, 9.17) is 0 Å². The van der Waals surface area contributed by atoms with Gasteiger partial charge in [0.2, 0.25) is 5.91 Å². The lowest BCUT2D eigenvalue weighted by Crippen LogP contribution is -2.39. The third-order valence-corrected chi connectivity index (χ3v) is 5.83. The molecule has 4 rings (SSSR count). The van der Waals surface area contributed by atoms with E-state index in [2.05, 4.69) is 25.2 Å². The van der Waals surface area contributed by atoms with Crippen LogP contribution in [0.3, 0.4) is 0 Å². The maximum Gasteiger partial charge on any atom is 0.227 e. The van der Waals surface area contributed by atoms with E-state index in [1.54, 1.807) is 17.0 Å². The molecule has 1 amide bonds. The van der Waals surface area contributed by atoms with Gasteiger partial charge in [0.05, 0.1) is 29.0 Å². The number of benzene rings is 2. The molecule has 1 N–H and O–H groups in total. The lowest BCUT2D eigenvalue weighted by molar-refractivity contribution is -0.119. The molecule has 1 aliphatic heterocycles. The fraction of sp³-hybridized carbons (Fsp3) is 0.320. The topological polar surface area (TPSA) is 73.2 Å². The zero-order valence-corrected chi connectivity index (χ0v) is 17.5. The predicted octanol–water partition coefficient (Wildman–Crippen LogP) is 5.11.